The first-order valence-electron chi connectivity index (χ1n) is 12.0. The quantitative estimate of drug-likeness (QED) is 0.439. The Morgan fingerprint density at radius 1 is 1.00 bits per heavy atom. The van der Waals surface area contributed by atoms with Gasteiger partial charge in [0, 0.05) is 18.4 Å². The summed E-state index contributed by atoms with van der Waals surface area (Å²) < 4.78 is 5.56. The molecular weight excluding hydrogens is 432 g/mol. The number of hydrogen-bond acceptors (Lipinski definition) is 4. The Balaban J connectivity index is 1.45. The number of rotatable bonds is 11. The number of carbonyl (C=O) groups excluding carboxylic acids is 2. The molecule has 7 heteroatoms. The lowest BCUT2D eigenvalue weighted by Crippen LogP contribution is -2.53. The second kappa shape index (κ2) is 11.2. The number of aliphatic carboxylic acids is 1. The van der Waals surface area contributed by atoms with Gasteiger partial charge in [-0.15, -0.1) is 0 Å². The molecule has 0 spiro atoms. The van der Waals surface area contributed by atoms with E-state index in [0.29, 0.717) is 25.7 Å². The predicted octanol–water partition coefficient (Wildman–Crippen LogP) is 4.84. The van der Waals surface area contributed by atoms with Gasteiger partial charge in [0.2, 0.25) is 5.91 Å². The lowest BCUT2D eigenvalue weighted by molar-refractivity contribution is -0.148. The second-order valence-electron chi connectivity index (χ2n) is 8.91. The van der Waals surface area contributed by atoms with Crippen molar-refractivity contribution >= 4 is 18.0 Å². The van der Waals surface area contributed by atoms with Crippen molar-refractivity contribution in [3.63, 3.8) is 0 Å². The fourth-order valence-corrected chi connectivity index (χ4v) is 4.59. The van der Waals surface area contributed by atoms with Gasteiger partial charge in [-0.3, -0.25) is 4.79 Å². The maximum absolute atomic E-state index is 12.4. The highest BCUT2D eigenvalue weighted by Gasteiger charge is 2.36. The van der Waals surface area contributed by atoms with E-state index >= 15 is 0 Å². The highest BCUT2D eigenvalue weighted by Crippen LogP contribution is 2.44. The van der Waals surface area contributed by atoms with E-state index < -0.39 is 17.6 Å². The van der Waals surface area contributed by atoms with E-state index in [2.05, 4.69) is 34.9 Å². The van der Waals surface area contributed by atoms with Crippen LogP contribution in [0.25, 0.3) is 11.1 Å². The summed E-state index contributed by atoms with van der Waals surface area (Å²) in [6, 6.07) is 16.2. The van der Waals surface area contributed by atoms with Crippen LogP contribution in [0.2, 0.25) is 0 Å². The molecule has 2 aromatic carbocycles. The number of carbonyl (C=O) groups is 3. The molecule has 7 nitrogen and oxygen atoms in total. The summed E-state index contributed by atoms with van der Waals surface area (Å²) in [5.41, 5.74) is 3.45. The SMILES string of the molecule is CCC(CC)(NC(=O)CCCC(C)NC(=O)OCC1c2ccccc2-c2ccccc21)C(=O)O. The van der Waals surface area contributed by atoms with Crippen LogP contribution in [-0.4, -0.2) is 41.3 Å². The number of fused-ring (bicyclic) bond motifs is 3. The Morgan fingerprint density at radius 3 is 2.09 bits per heavy atom. The van der Waals surface area contributed by atoms with E-state index in [1.165, 1.54) is 11.1 Å². The summed E-state index contributed by atoms with van der Waals surface area (Å²) >= 11 is 0. The van der Waals surface area contributed by atoms with Crippen LogP contribution in [-0.2, 0) is 14.3 Å². The van der Waals surface area contributed by atoms with Gasteiger partial charge in [0.15, 0.2) is 0 Å². The molecule has 2 aromatic rings. The Kier molecular flexibility index (Phi) is 8.31. The number of amides is 2. The minimum atomic E-state index is -1.22. The van der Waals surface area contributed by atoms with Gasteiger partial charge >= 0.3 is 12.1 Å². The number of benzene rings is 2. The van der Waals surface area contributed by atoms with Gasteiger partial charge in [-0.05, 0) is 54.9 Å². The van der Waals surface area contributed by atoms with Crippen LogP contribution in [0, 0.1) is 0 Å². The molecule has 1 atom stereocenters. The van der Waals surface area contributed by atoms with Crippen molar-refractivity contribution in [2.75, 3.05) is 6.61 Å². The van der Waals surface area contributed by atoms with Gasteiger partial charge in [-0.25, -0.2) is 9.59 Å². The fraction of sp³-hybridized carbons (Fsp3) is 0.444. The van der Waals surface area contributed by atoms with Crippen LogP contribution in [0.5, 0.6) is 0 Å². The van der Waals surface area contributed by atoms with Gasteiger partial charge in [0.25, 0.3) is 0 Å². The molecule has 0 fully saturated rings. The zero-order valence-electron chi connectivity index (χ0n) is 20.1. The third-order valence-corrected chi connectivity index (χ3v) is 6.74. The molecule has 0 radical (unpaired) electrons. The summed E-state index contributed by atoms with van der Waals surface area (Å²) in [5, 5.41) is 14.9. The molecule has 3 rings (SSSR count). The fourth-order valence-electron chi connectivity index (χ4n) is 4.59. The van der Waals surface area contributed by atoms with Gasteiger partial charge in [-0.1, -0.05) is 62.4 Å². The molecule has 1 aliphatic carbocycles. The highest BCUT2D eigenvalue weighted by molar-refractivity contribution is 5.87. The number of alkyl carbamates (subject to hydrolysis) is 1. The minimum Gasteiger partial charge on any atom is -0.480 e. The number of ether oxygens (including phenoxy) is 1. The molecule has 2 amide bonds. The van der Waals surface area contributed by atoms with E-state index in [4.69, 9.17) is 4.74 Å². The van der Waals surface area contributed by atoms with Gasteiger partial charge in [0.05, 0.1) is 0 Å². The monoisotopic (exact) mass is 466 g/mol. The Bertz CT molecular complexity index is 986. The molecule has 1 unspecified atom stereocenters. The van der Waals surface area contributed by atoms with Crippen LogP contribution in [0.4, 0.5) is 4.79 Å². The second-order valence-corrected chi connectivity index (χ2v) is 8.91. The maximum Gasteiger partial charge on any atom is 0.407 e. The number of hydrogen-bond donors (Lipinski definition) is 3. The zero-order chi connectivity index (χ0) is 24.7. The maximum atomic E-state index is 12.4. The molecule has 0 heterocycles. The van der Waals surface area contributed by atoms with Crippen molar-refractivity contribution in [1.29, 1.82) is 0 Å². The first-order chi connectivity index (χ1) is 16.3. The lowest BCUT2D eigenvalue weighted by Gasteiger charge is -2.28. The average Bonchev–Trinajstić information content (AvgIpc) is 3.14. The lowest BCUT2D eigenvalue weighted by atomic mass is 9.92. The topological polar surface area (TPSA) is 105 Å². The molecule has 182 valence electrons. The predicted molar refractivity (Wildman–Crippen MR) is 131 cm³/mol. The van der Waals surface area contributed by atoms with Crippen LogP contribution in [0.3, 0.4) is 0 Å². The largest absolute Gasteiger partial charge is 0.480 e. The number of nitrogens with one attached hydrogen (secondary N) is 2. The van der Waals surface area contributed by atoms with Crippen molar-refractivity contribution < 1.29 is 24.2 Å². The van der Waals surface area contributed by atoms with E-state index in [9.17, 15) is 19.5 Å². The average molecular weight is 467 g/mol. The molecule has 0 saturated heterocycles. The van der Waals surface area contributed by atoms with E-state index in [1.807, 2.05) is 31.2 Å². The standard InChI is InChI=1S/C27H34N2O5/c1-4-27(5-2,25(31)32)29-24(30)16-10-11-18(3)28-26(33)34-17-23-21-14-8-6-12-19(21)20-13-7-9-15-22(20)23/h6-9,12-15,18,23H,4-5,10-11,16-17H2,1-3H3,(H,28,33)(H,29,30)(H,31,32). The van der Waals surface area contributed by atoms with Crippen LogP contribution in [0.1, 0.15) is 69.9 Å². The van der Waals surface area contributed by atoms with Crippen LogP contribution >= 0.6 is 0 Å². The molecule has 0 bridgehead atoms. The van der Waals surface area contributed by atoms with Crippen molar-refractivity contribution in [3.05, 3.63) is 59.7 Å². The van der Waals surface area contributed by atoms with E-state index in [0.717, 1.165) is 11.1 Å². The van der Waals surface area contributed by atoms with Crippen LogP contribution < -0.4 is 10.6 Å². The van der Waals surface area contributed by atoms with Crippen molar-refractivity contribution in [2.24, 2.45) is 0 Å². The van der Waals surface area contributed by atoms with Gasteiger partial charge < -0.3 is 20.5 Å². The summed E-state index contributed by atoms with van der Waals surface area (Å²) in [6.45, 7) is 5.61. The summed E-state index contributed by atoms with van der Waals surface area (Å²) in [4.78, 5) is 36.2. The first-order valence-corrected chi connectivity index (χ1v) is 12.0. The summed E-state index contributed by atoms with van der Waals surface area (Å²) in [7, 11) is 0. The van der Waals surface area contributed by atoms with Crippen molar-refractivity contribution in [1.82, 2.24) is 10.6 Å². The minimum absolute atomic E-state index is 0.00350. The normalized spacial score (nSPS) is 13.5. The Labute approximate surface area is 200 Å². The molecule has 1 aliphatic rings. The third-order valence-electron chi connectivity index (χ3n) is 6.74. The molecule has 0 saturated carbocycles. The van der Waals surface area contributed by atoms with Gasteiger partial charge in [0.1, 0.15) is 12.1 Å². The Hall–Kier alpha value is -3.35. The number of carboxylic acid groups (broad SMARTS) is 1. The zero-order valence-corrected chi connectivity index (χ0v) is 20.1. The molecule has 0 aliphatic heterocycles. The molecular formula is C27H34N2O5. The molecule has 34 heavy (non-hydrogen) atoms. The first kappa shape index (κ1) is 25.3. The summed E-state index contributed by atoms with van der Waals surface area (Å²) in [5.74, 6) is -1.31. The van der Waals surface area contributed by atoms with Gasteiger partial charge in [-0.2, -0.15) is 0 Å². The highest BCUT2D eigenvalue weighted by atomic mass is 16.5. The van der Waals surface area contributed by atoms with E-state index in [-0.39, 0.29) is 30.9 Å². The molecule has 3 N–H and O–H groups in total. The van der Waals surface area contributed by atoms with E-state index in [1.54, 1.807) is 13.8 Å². The smallest absolute Gasteiger partial charge is 0.407 e. The Morgan fingerprint density at radius 2 is 1.56 bits per heavy atom. The van der Waals surface area contributed by atoms with Crippen molar-refractivity contribution in [2.45, 2.75) is 70.4 Å². The van der Waals surface area contributed by atoms with Crippen molar-refractivity contribution in [3.8, 4) is 11.1 Å². The summed E-state index contributed by atoms with van der Waals surface area (Å²) in [6.07, 6.45) is 1.47. The molecule has 0 aromatic heterocycles. The number of carboxylic acids is 1. The van der Waals surface area contributed by atoms with Crippen LogP contribution in [0.15, 0.2) is 48.5 Å². The third kappa shape index (κ3) is 5.58.